The van der Waals surface area contributed by atoms with E-state index in [1.165, 1.54) is 18.0 Å². The molecule has 0 saturated heterocycles. The zero-order valence-corrected chi connectivity index (χ0v) is 18.0. The molecule has 0 saturated carbocycles. The molecule has 0 aliphatic heterocycles. The summed E-state index contributed by atoms with van der Waals surface area (Å²) in [7, 11) is 3.08. The molecule has 3 N–H and O–H groups in total. The third-order valence-electron chi connectivity index (χ3n) is 4.69. The van der Waals surface area contributed by atoms with Gasteiger partial charge in [-0.3, -0.25) is 4.79 Å². The van der Waals surface area contributed by atoms with Crippen LogP contribution >= 0.6 is 0 Å². The second-order valence-electron chi connectivity index (χ2n) is 6.85. The number of benzene rings is 2. The van der Waals surface area contributed by atoms with Crippen molar-refractivity contribution >= 4 is 17.9 Å². The third-order valence-corrected chi connectivity index (χ3v) is 4.69. The van der Waals surface area contributed by atoms with Crippen LogP contribution in [0.1, 0.15) is 21.6 Å². The van der Waals surface area contributed by atoms with Crippen molar-refractivity contribution in [3.05, 3.63) is 59.3 Å². The maximum atomic E-state index is 12.9. The zero-order valence-electron chi connectivity index (χ0n) is 18.0. The highest BCUT2D eigenvalue weighted by atomic mass is 16.6. The minimum atomic E-state index is -0.580. The van der Waals surface area contributed by atoms with E-state index in [0.29, 0.717) is 28.3 Å². The second-order valence-corrected chi connectivity index (χ2v) is 6.85. The van der Waals surface area contributed by atoms with Crippen molar-refractivity contribution in [2.75, 3.05) is 20.0 Å². The van der Waals surface area contributed by atoms with E-state index in [1.54, 1.807) is 25.3 Å². The molecule has 2 aromatic carbocycles. The molecule has 12 heteroatoms. The number of hydrogen-bond donors (Lipinski definition) is 2. The molecule has 12 nitrogen and oxygen atoms in total. The summed E-state index contributed by atoms with van der Waals surface area (Å²) in [5.41, 5.74) is 11.1. The molecule has 0 unspecified atom stereocenters. The summed E-state index contributed by atoms with van der Waals surface area (Å²) in [6.45, 7) is 1.95. The first-order chi connectivity index (χ1) is 16.0. The minimum Gasteiger partial charge on any atom is -0.493 e. The van der Waals surface area contributed by atoms with E-state index in [2.05, 4.69) is 35.8 Å². The molecule has 4 aromatic rings. The number of carbonyl (C=O) groups excluding carboxylic acids is 1. The smallest absolute Gasteiger partial charge is 0.294 e. The lowest BCUT2D eigenvalue weighted by atomic mass is 10.1. The molecule has 0 radical (unpaired) electrons. The van der Waals surface area contributed by atoms with Gasteiger partial charge in [0.15, 0.2) is 17.2 Å². The van der Waals surface area contributed by atoms with Crippen LogP contribution in [0.5, 0.6) is 11.5 Å². The van der Waals surface area contributed by atoms with Crippen molar-refractivity contribution in [1.82, 2.24) is 30.7 Å². The Morgan fingerprint density at radius 2 is 1.88 bits per heavy atom. The Labute approximate surface area is 188 Å². The van der Waals surface area contributed by atoms with E-state index in [4.69, 9.17) is 15.2 Å². The molecule has 0 atom stereocenters. The molecule has 4 rings (SSSR count). The summed E-state index contributed by atoms with van der Waals surface area (Å²) in [5, 5.41) is 19.4. The van der Waals surface area contributed by atoms with Gasteiger partial charge in [-0.1, -0.05) is 35.0 Å². The topological polar surface area (TPSA) is 156 Å². The van der Waals surface area contributed by atoms with Crippen LogP contribution in [0.25, 0.3) is 17.1 Å². The molecule has 1 amide bonds. The SMILES string of the molecule is COc1ccc(/C=N/NC(=O)c2nnn(-c3nonc3N)c2-c2ccc(C)cc2)cc1OC. The van der Waals surface area contributed by atoms with Crippen LogP contribution in [-0.4, -0.2) is 51.6 Å². The summed E-state index contributed by atoms with van der Waals surface area (Å²) in [6, 6.07) is 12.7. The van der Waals surface area contributed by atoms with Gasteiger partial charge in [0.05, 0.1) is 20.4 Å². The molecule has 0 fully saturated rings. The van der Waals surface area contributed by atoms with Crippen molar-refractivity contribution in [2.45, 2.75) is 6.92 Å². The van der Waals surface area contributed by atoms with Gasteiger partial charge in [0.1, 0.15) is 5.69 Å². The standard InChI is InChI=1S/C21H20N8O4/c1-12-4-7-14(8-5-12)18-17(24-28-29(18)20-19(22)26-33-27-20)21(30)25-23-11-13-6-9-15(31-2)16(10-13)32-3/h4-11H,1-3H3,(H2,22,26)(H,25,30)/b23-11+. The van der Waals surface area contributed by atoms with Gasteiger partial charge in [-0.15, -0.1) is 5.10 Å². The van der Waals surface area contributed by atoms with E-state index in [9.17, 15) is 4.79 Å². The lowest BCUT2D eigenvalue weighted by Gasteiger charge is -2.07. The maximum absolute atomic E-state index is 12.9. The van der Waals surface area contributed by atoms with Gasteiger partial charge >= 0.3 is 0 Å². The Bertz CT molecular complexity index is 1310. The Balaban J connectivity index is 1.64. The fourth-order valence-electron chi connectivity index (χ4n) is 3.04. The minimum absolute atomic E-state index is 0.00620. The quantitative estimate of drug-likeness (QED) is 0.319. The monoisotopic (exact) mass is 448 g/mol. The highest BCUT2D eigenvalue weighted by Crippen LogP contribution is 2.28. The van der Waals surface area contributed by atoms with E-state index < -0.39 is 5.91 Å². The molecule has 0 aliphatic carbocycles. The highest BCUT2D eigenvalue weighted by molar-refractivity contribution is 5.98. The predicted molar refractivity (Wildman–Crippen MR) is 118 cm³/mol. The number of nitrogens with zero attached hydrogens (tertiary/aromatic N) is 6. The highest BCUT2D eigenvalue weighted by Gasteiger charge is 2.25. The zero-order chi connectivity index (χ0) is 23.4. The van der Waals surface area contributed by atoms with E-state index in [1.807, 2.05) is 31.2 Å². The molecular weight excluding hydrogens is 428 g/mol. The van der Waals surface area contributed by atoms with Crippen molar-refractivity contribution in [2.24, 2.45) is 5.10 Å². The summed E-state index contributed by atoms with van der Waals surface area (Å²) in [4.78, 5) is 12.9. The normalized spacial score (nSPS) is 11.0. The molecule has 33 heavy (non-hydrogen) atoms. The van der Waals surface area contributed by atoms with E-state index >= 15 is 0 Å². The van der Waals surface area contributed by atoms with Crippen LogP contribution in [0.4, 0.5) is 5.82 Å². The maximum Gasteiger partial charge on any atom is 0.294 e. The van der Waals surface area contributed by atoms with Gasteiger partial charge in [-0.25, -0.2) is 10.1 Å². The number of amides is 1. The number of carbonyl (C=O) groups is 1. The van der Waals surface area contributed by atoms with E-state index in [0.717, 1.165) is 5.56 Å². The first-order valence-electron chi connectivity index (χ1n) is 9.68. The number of anilines is 1. The van der Waals surface area contributed by atoms with Crippen LogP contribution in [0, 0.1) is 6.92 Å². The third kappa shape index (κ3) is 4.35. The van der Waals surface area contributed by atoms with Gasteiger partial charge < -0.3 is 15.2 Å². The largest absolute Gasteiger partial charge is 0.493 e. The van der Waals surface area contributed by atoms with Crippen molar-refractivity contribution in [1.29, 1.82) is 0 Å². The van der Waals surface area contributed by atoms with Gasteiger partial charge in [0.25, 0.3) is 5.91 Å². The summed E-state index contributed by atoms with van der Waals surface area (Å²) in [5.74, 6) is 0.664. The lowest BCUT2D eigenvalue weighted by molar-refractivity contribution is 0.0950. The summed E-state index contributed by atoms with van der Waals surface area (Å²) in [6.07, 6.45) is 1.47. The predicted octanol–water partition coefficient (Wildman–Crippen LogP) is 1.99. The van der Waals surface area contributed by atoms with Crippen LogP contribution in [0.3, 0.4) is 0 Å². The second kappa shape index (κ2) is 9.18. The number of ether oxygens (including phenoxy) is 2. The number of hydrazone groups is 1. The summed E-state index contributed by atoms with van der Waals surface area (Å²) < 4.78 is 16.5. The summed E-state index contributed by atoms with van der Waals surface area (Å²) >= 11 is 0. The number of aromatic nitrogens is 5. The lowest BCUT2D eigenvalue weighted by Crippen LogP contribution is -2.19. The Morgan fingerprint density at radius 3 is 2.55 bits per heavy atom. The van der Waals surface area contributed by atoms with Crippen LogP contribution in [-0.2, 0) is 0 Å². The van der Waals surface area contributed by atoms with Crippen molar-refractivity contribution in [3.63, 3.8) is 0 Å². The van der Waals surface area contributed by atoms with Gasteiger partial charge in [-0.2, -0.15) is 9.78 Å². The molecule has 168 valence electrons. The number of nitrogens with two attached hydrogens (primary N) is 1. The fourth-order valence-corrected chi connectivity index (χ4v) is 3.04. The first kappa shape index (κ1) is 21.5. The van der Waals surface area contributed by atoms with Crippen LogP contribution in [0.15, 0.2) is 52.2 Å². The average Bonchev–Trinajstić information content (AvgIpc) is 3.45. The number of rotatable bonds is 7. The number of nitrogen functional groups attached to an aromatic ring is 1. The molecule has 0 bridgehead atoms. The molecule has 2 heterocycles. The van der Waals surface area contributed by atoms with Gasteiger partial charge in [-0.05, 0) is 41.0 Å². The van der Waals surface area contributed by atoms with Crippen LogP contribution < -0.4 is 20.6 Å². The average molecular weight is 448 g/mol. The Morgan fingerprint density at radius 1 is 1.12 bits per heavy atom. The molecule has 0 aliphatic rings. The number of aryl methyl sites for hydroxylation is 1. The number of hydrogen-bond acceptors (Lipinski definition) is 10. The van der Waals surface area contributed by atoms with Crippen molar-refractivity contribution in [3.8, 4) is 28.6 Å². The molecule has 0 spiro atoms. The fraction of sp³-hybridized carbons (Fsp3) is 0.143. The number of methoxy groups -OCH3 is 2. The van der Waals surface area contributed by atoms with Crippen LogP contribution in [0.2, 0.25) is 0 Å². The Kier molecular flexibility index (Phi) is 5.98. The Hall–Kier alpha value is -4.74. The van der Waals surface area contributed by atoms with Crippen molar-refractivity contribution < 1.29 is 18.9 Å². The number of nitrogens with one attached hydrogen (secondary N) is 1. The molecular formula is C21H20N8O4. The molecule has 2 aromatic heterocycles. The van der Waals surface area contributed by atoms with Gasteiger partial charge in [0.2, 0.25) is 11.6 Å². The van der Waals surface area contributed by atoms with Gasteiger partial charge in [0, 0.05) is 5.56 Å². The van der Waals surface area contributed by atoms with E-state index in [-0.39, 0.29) is 17.3 Å². The first-order valence-corrected chi connectivity index (χ1v) is 9.68.